The van der Waals surface area contributed by atoms with E-state index >= 15 is 0 Å². The van der Waals surface area contributed by atoms with Gasteiger partial charge >= 0.3 is 5.97 Å². The van der Waals surface area contributed by atoms with Crippen molar-refractivity contribution in [3.8, 4) is 22.9 Å². The molecule has 9 nitrogen and oxygen atoms in total. The molecular formula is C29H27N3O6. The molecule has 2 aromatic carbocycles. The van der Waals surface area contributed by atoms with E-state index in [1.807, 2.05) is 54.6 Å². The summed E-state index contributed by atoms with van der Waals surface area (Å²) in [5.74, 6) is 0.962. The second kappa shape index (κ2) is 10.4. The second-order valence-corrected chi connectivity index (χ2v) is 8.81. The van der Waals surface area contributed by atoms with E-state index in [0.717, 1.165) is 16.9 Å². The van der Waals surface area contributed by atoms with E-state index in [4.69, 9.17) is 18.7 Å². The van der Waals surface area contributed by atoms with Crippen LogP contribution >= 0.6 is 0 Å². The quantitative estimate of drug-likeness (QED) is 0.330. The van der Waals surface area contributed by atoms with Crippen LogP contribution in [0.15, 0.2) is 81.3 Å². The molecular weight excluding hydrogens is 486 g/mol. The molecule has 1 aliphatic rings. The molecule has 0 fully saturated rings. The third-order valence-electron chi connectivity index (χ3n) is 6.45. The van der Waals surface area contributed by atoms with Crippen molar-refractivity contribution >= 4 is 5.97 Å². The highest BCUT2D eigenvalue weighted by molar-refractivity contribution is 5.92. The average Bonchev–Trinajstić information content (AvgIpc) is 3.39. The standard InChI is InChI=1S/C29H27N3O6/c1-5-36-29(34)24-17(2)37-27-26(25(24)20-9-7-6-8-10-20)28(33)32(18(3)30-27)16-22-15-23(31-38-22)19-11-13-21(35-4)14-12-19/h6-15,25H,5,16H2,1-4H3. The highest BCUT2D eigenvalue weighted by Gasteiger charge is 2.38. The van der Waals surface area contributed by atoms with Crippen molar-refractivity contribution in [1.29, 1.82) is 0 Å². The van der Waals surface area contributed by atoms with Crippen LogP contribution < -0.4 is 15.0 Å². The molecule has 2 aromatic heterocycles. The van der Waals surface area contributed by atoms with E-state index in [1.165, 1.54) is 4.57 Å². The Kier molecular flexibility index (Phi) is 6.83. The lowest BCUT2D eigenvalue weighted by Crippen LogP contribution is -2.34. The number of ether oxygens (including phenoxy) is 3. The molecule has 0 N–H and O–H groups in total. The molecule has 3 heterocycles. The summed E-state index contributed by atoms with van der Waals surface area (Å²) in [6.07, 6.45) is 0. The van der Waals surface area contributed by atoms with E-state index in [1.54, 1.807) is 33.9 Å². The van der Waals surface area contributed by atoms with Crippen molar-refractivity contribution in [1.82, 2.24) is 14.7 Å². The molecule has 38 heavy (non-hydrogen) atoms. The van der Waals surface area contributed by atoms with Gasteiger partial charge in [-0.3, -0.25) is 9.36 Å². The fraction of sp³-hybridized carbons (Fsp3) is 0.241. The molecule has 1 aliphatic heterocycles. The number of aromatic nitrogens is 3. The summed E-state index contributed by atoms with van der Waals surface area (Å²) < 4.78 is 23.5. The first kappa shape index (κ1) is 25.0. The number of carbonyl (C=O) groups is 1. The number of carbonyl (C=O) groups excluding carboxylic acids is 1. The number of methoxy groups -OCH3 is 1. The van der Waals surface area contributed by atoms with Gasteiger partial charge in [0, 0.05) is 11.6 Å². The summed E-state index contributed by atoms with van der Waals surface area (Å²) in [7, 11) is 1.61. The fourth-order valence-electron chi connectivity index (χ4n) is 4.60. The van der Waals surface area contributed by atoms with E-state index in [2.05, 4.69) is 10.1 Å². The number of esters is 1. The molecule has 1 unspecified atom stereocenters. The van der Waals surface area contributed by atoms with Gasteiger partial charge in [0.1, 0.15) is 23.0 Å². The predicted octanol–water partition coefficient (Wildman–Crippen LogP) is 4.63. The SMILES string of the molecule is CCOC(=O)C1=C(C)Oc2nc(C)n(Cc3cc(-c4ccc(OC)cc4)no3)c(=O)c2C1c1ccccc1. The van der Waals surface area contributed by atoms with Gasteiger partial charge in [-0.2, -0.15) is 4.98 Å². The van der Waals surface area contributed by atoms with Gasteiger partial charge in [-0.1, -0.05) is 35.5 Å². The normalized spacial score (nSPS) is 14.6. The molecule has 0 amide bonds. The first-order valence-corrected chi connectivity index (χ1v) is 12.2. The van der Waals surface area contributed by atoms with E-state index in [9.17, 15) is 9.59 Å². The second-order valence-electron chi connectivity index (χ2n) is 8.81. The third-order valence-corrected chi connectivity index (χ3v) is 6.45. The number of aryl methyl sites for hydroxylation is 1. The van der Waals surface area contributed by atoms with E-state index in [-0.39, 0.29) is 35.7 Å². The van der Waals surface area contributed by atoms with Crippen LogP contribution in [0.3, 0.4) is 0 Å². The number of benzene rings is 2. The summed E-state index contributed by atoms with van der Waals surface area (Å²) in [5, 5.41) is 4.17. The van der Waals surface area contributed by atoms with Gasteiger partial charge in [0.25, 0.3) is 5.56 Å². The fourth-order valence-corrected chi connectivity index (χ4v) is 4.60. The number of allylic oxidation sites excluding steroid dienone is 1. The summed E-state index contributed by atoms with van der Waals surface area (Å²) in [5.41, 5.74) is 2.46. The van der Waals surface area contributed by atoms with Gasteiger partial charge < -0.3 is 18.7 Å². The first-order chi connectivity index (χ1) is 18.4. The topological polar surface area (TPSA) is 106 Å². The average molecular weight is 514 g/mol. The van der Waals surface area contributed by atoms with Gasteiger partial charge in [0.15, 0.2) is 5.76 Å². The Labute approximate surface area is 219 Å². The molecule has 0 saturated carbocycles. The maximum atomic E-state index is 14.0. The summed E-state index contributed by atoms with van der Waals surface area (Å²) in [4.78, 5) is 31.6. The monoisotopic (exact) mass is 513 g/mol. The number of fused-ring (bicyclic) bond motifs is 1. The smallest absolute Gasteiger partial charge is 0.338 e. The lowest BCUT2D eigenvalue weighted by Gasteiger charge is -2.28. The largest absolute Gasteiger partial charge is 0.497 e. The molecule has 0 spiro atoms. The van der Waals surface area contributed by atoms with Gasteiger partial charge in [0.05, 0.1) is 37.3 Å². The highest BCUT2D eigenvalue weighted by Crippen LogP contribution is 2.41. The Morgan fingerprint density at radius 3 is 2.50 bits per heavy atom. The van der Waals surface area contributed by atoms with Gasteiger partial charge in [0.2, 0.25) is 5.88 Å². The Hall–Kier alpha value is -4.66. The zero-order valence-corrected chi connectivity index (χ0v) is 21.6. The minimum Gasteiger partial charge on any atom is -0.497 e. The molecule has 9 heteroatoms. The highest BCUT2D eigenvalue weighted by atomic mass is 16.5. The number of nitrogens with zero attached hydrogens (tertiary/aromatic N) is 3. The lowest BCUT2D eigenvalue weighted by atomic mass is 9.83. The number of hydrogen-bond donors (Lipinski definition) is 0. The van der Waals surface area contributed by atoms with E-state index < -0.39 is 11.9 Å². The third kappa shape index (κ3) is 4.58. The molecule has 0 bridgehead atoms. The maximum absolute atomic E-state index is 14.0. The van der Waals surface area contributed by atoms with Crippen LogP contribution in [0.2, 0.25) is 0 Å². The van der Waals surface area contributed by atoms with Crippen LogP contribution in [-0.4, -0.2) is 34.4 Å². The maximum Gasteiger partial charge on any atom is 0.338 e. The van der Waals surface area contributed by atoms with Crippen molar-refractivity contribution in [2.75, 3.05) is 13.7 Å². The number of hydrogen-bond acceptors (Lipinski definition) is 8. The molecule has 1 atom stereocenters. The zero-order valence-electron chi connectivity index (χ0n) is 21.6. The Bertz CT molecular complexity index is 1570. The lowest BCUT2D eigenvalue weighted by molar-refractivity contribution is -0.139. The minimum absolute atomic E-state index is 0.104. The summed E-state index contributed by atoms with van der Waals surface area (Å²) >= 11 is 0. The predicted molar refractivity (Wildman–Crippen MR) is 139 cm³/mol. The Morgan fingerprint density at radius 2 is 1.82 bits per heavy atom. The molecule has 0 saturated heterocycles. The van der Waals surface area contributed by atoms with Crippen LogP contribution in [0.4, 0.5) is 0 Å². The van der Waals surface area contributed by atoms with Crippen molar-refractivity contribution < 1.29 is 23.5 Å². The van der Waals surface area contributed by atoms with Crippen LogP contribution in [0.25, 0.3) is 11.3 Å². The van der Waals surface area contributed by atoms with Gasteiger partial charge in [-0.25, -0.2) is 4.79 Å². The van der Waals surface area contributed by atoms with Gasteiger partial charge in [-0.15, -0.1) is 0 Å². The van der Waals surface area contributed by atoms with Crippen LogP contribution in [0.5, 0.6) is 11.6 Å². The van der Waals surface area contributed by atoms with Crippen molar-refractivity contribution in [3.05, 3.63) is 105 Å². The summed E-state index contributed by atoms with van der Waals surface area (Å²) in [6.45, 7) is 5.44. The zero-order chi connectivity index (χ0) is 26.8. The van der Waals surface area contributed by atoms with Gasteiger partial charge in [-0.05, 0) is 50.6 Å². The first-order valence-electron chi connectivity index (χ1n) is 12.2. The van der Waals surface area contributed by atoms with E-state index in [0.29, 0.717) is 23.0 Å². The van der Waals surface area contributed by atoms with Crippen LogP contribution in [0, 0.1) is 6.92 Å². The minimum atomic E-state index is -0.699. The summed E-state index contributed by atoms with van der Waals surface area (Å²) in [6, 6.07) is 18.6. The molecule has 194 valence electrons. The molecule has 0 aliphatic carbocycles. The van der Waals surface area contributed by atoms with Crippen molar-refractivity contribution in [2.24, 2.45) is 0 Å². The Balaban J connectivity index is 1.57. The Morgan fingerprint density at radius 1 is 1.08 bits per heavy atom. The molecule has 5 rings (SSSR count). The van der Waals surface area contributed by atoms with Crippen LogP contribution in [-0.2, 0) is 16.1 Å². The number of rotatable bonds is 7. The van der Waals surface area contributed by atoms with Crippen LogP contribution in [0.1, 0.15) is 42.5 Å². The van der Waals surface area contributed by atoms with Crippen molar-refractivity contribution in [3.63, 3.8) is 0 Å². The van der Waals surface area contributed by atoms with Crippen molar-refractivity contribution in [2.45, 2.75) is 33.2 Å². The molecule has 0 radical (unpaired) electrons. The molecule has 4 aromatic rings.